The lowest BCUT2D eigenvalue weighted by molar-refractivity contribution is -0.196. The molecule has 0 aromatic rings. The number of alkyl halides is 6. The lowest BCUT2D eigenvalue weighted by atomic mass is 10.7. The zero-order valence-corrected chi connectivity index (χ0v) is 6.94. The van der Waals surface area contributed by atoms with Crippen molar-refractivity contribution in [1.29, 1.82) is 0 Å². The number of carbonyl (C=O) groups is 2. The van der Waals surface area contributed by atoms with Gasteiger partial charge >= 0.3 is 24.3 Å². The first-order valence-electron chi connectivity index (χ1n) is 2.88. The zero-order chi connectivity index (χ0) is 12.9. The topological polar surface area (TPSA) is 63.6 Å². The Morgan fingerprint density at radius 1 is 1.00 bits per heavy atom. The maximum Gasteiger partial charge on any atom is 0.490 e. The number of esters is 1. The van der Waals surface area contributed by atoms with Crippen LogP contribution in [0.1, 0.15) is 0 Å². The minimum absolute atomic E-state index is 0.676. The number of carboxylic acid groups (broad SMARTS) is 1. The number of aliphatic carboxylic acids is 1. The van der Waals surface area contributed by atoms with E-state index in [1.54, 1.807) is 0 Å². The number of methoxy groups -OCH3 is 1. The van der Waals surface area contributed by atoms with Crippen LogP contribution in [0.25, 0.3) is 0 Å². The first-order chi connectivity index (χ1) is 6.42. The normalized spacial score (nSPS) is 11.1. The molecular weight excluding hydrogens is 238 g/mol. The molecule has 0 amide bonds. The van der Waals surface area contributed by atoms with Crippen LogP contribution in [-0.2, 0) is 14.3 Å². The molecule has 0 heterocycles. The number of carbonyl (C=O) groups excluding carboxylic acids is 1. The number of carboxylic acids is 1. The molecular formula is C5H4F6O4. The molecule has 0 bridgehead atoms. The average molecular weight is 242 g/mol. The fourth-order valence-electron chi connectivity index (χ4n) is 0.116. The van der Waals surface area contributed by atoms with Gasteiger partial charge in [-0.05, 0) is 0 Å². The van der Waals surface area contributed by atoms with Gasteiger partial charge in [0.2, 0.25) is 0 Å². The highest BCUT2D eigenvalue weighted by molar-refractivity contribution is 5.75. The summed E-state index contributed by atoms with van der Waals surface area (Å²) in [6.45, 7) is 0. The molecule has 0 rings (SSSR count). The van der Waals surface area contributed by atoms with E-state index in [2.05, 4.69) is 4.74 Å². The molecule has 0 unspecified atom stereocenters. The van der Waals surface area contributed by atoms with Crippen molar-refractivity contribution in [2.75, 3.05) is 7.11 Å². The molecule has 0 aliphatic heterocycles. The fourth-order valence-corrected chi connectivity index (χ4v) is 0.116. The molecule has 0 aliphatic carbocycles. The minimum atomic E-state index is -5.08. The quantitative estimate of drug-likeness (QED) is 0.514. The molecule has 1 N–H and O–H groups in total. The zero-order valence-electron chi connectivity index (χ0n) is 6.94. The van der Waals surface area contributed by atoms with Gasteiger partial charge in [-0.1, -0.05) is 0 Å². The largest absolute Gasteiger partial charge is 0.490 e. The Hall–Kier alpha value is -1.48. The standard InChI is InChI=1S/C3H3F3O2.C2HF3O2/c1-8-2(7)3(4,5)6;3-2(4,5)1(6)7/h1H3;(H,6,7). The Balaban J connectivity index is 0. The van der Waals surface area contributed by atoms with Gasteiger partial charge < -0.3 is 9.84 Å². The Morgan fingerprint density at radius 2 is 1.27 bits per heavy atom. The lowest BCUT2D eigenvalue weighted by Crippen LogP contribution is -2.23. The molecule has 0 aliphatic rings. The molecule has 4 nitrogen and oxygen atoms in total. The van der Waals surface area contributed by atoms with Crippen LogP contribution < -0.4 is 0 Å². The monoisotopic (exact) mass is 242 g/mol. The van der Waals surface area contributed by atoms with Crippen LogP contribution in [0.2, 0.25) is 0 Å². The van der Waals surface area contributed by atoms with Crippen LogP contribution in [0.5, 0.6) is 0 Å². The minimum Gasteiger partial charge on any atom is -0.475 e. The fraction of sp³-hybridized carbons (Fsp3) is 0.600. The lowest BCUT2D eigenvalue weighted by Gasteiger charge is -1.99. The summed E-state index contributed by atoms with van der Waals surface area (Å²) in [7, 11) is 0.676. The van der Waals surface area contributed by atoms with Crippen molar-refractivity contribution in [2.45, 2.75) is 12.4 Å². The molecule has 90 valence electrons. The van der Waals surface area contributed by atoms with Gasteiger partial charge in [0.05, 0.1) is 7.11 Å². The number of halogens is 6. The van der Waals surface area contributed by atoms with E-state index in [4.69, 9.17) is 9.90 Å². The van der Waals surface area contributed by atoms with Crippen molar-refractivity contribution in [3.8, 4) is 0 Å². The smallest absolute Gasteiger partial charge is 0.475 e. The van der Waals surface area contributed by atoms with Crippen molar-refractivity contribution in [3.05, 3.63) is 0 Å². The van der Waals surface area contributed by atoms with Gasteiger partial charge in [0.25, 0.3) is 0 Å². The molecule has 0 atom stereocenters. The highest BCUT2D eigenvalue weighted by atomic mass is 19.4. The van der Waals surface area contributed by atoms with E-state index >= 15 is 0 Å². The predicted molar refractivity (Wildman–Crippen MR) is 31.8 cm³/mol. The van der Waals surface area contributed by atoms with Gasteiger partial charge in [0, 0.05) is 0 Å². The molecule has 0 radical (unpaired) electrons. The van der Waals surface area contributed by atoms with Gasteiger partial charge in [-0.15, -0.1) is 0 Å². The SMILES string of the molecule is COC(=O)C(F)(F)F.O=C(O)C(F)(F)F. The van der Waals surface area contributed by atoms with E-state index in [1.165, 1.54) is 0 Å². The summed E-state index contributed by atoms with van der Waals surface area (Å²) in [6, 6.07) is 0. The summed E-state index contributed by atoms with van der Waals surface area (Å²) in [6.07, 6.45) is -9.94. The van der Waals surface area contributed by atoms with E-state index in [1.807, 2.05) is 0 Å². The third kappa shape index (κ3) is 8.84. The van der Waals surface area contributed by atoms with E-state index < -0.39 is 24.3 Å². The molecule has 10 heteroatoms. The van der Waals surface area contributed by atoms with Crippen LogP contribution in [-0.4, -0.2) is 36.5 Å². The third-order valence-electron chi connectivity index (χ3n) is 0.659. The number of hydrogen-bond donors (Lipinski definition) is 1. The van der Waals surface area contributed by atoms with Gasteiger partial charge in [-0.2, -0.15) is 26.3 Å². The van der Waals surface area contributed by atoms with E-state index in [-0.39, 0.29) is 0 Å². The van der Waals surface area contributed by atoms with Crippen LogP contribution in [0, 0.1) is 0 Å². The number of ether oxygens (including phenoxy) is 1. The number of hydrogen-bond acceptors (Lipinski definition) is 3. The van der Waals surface area contributed by atoms with E-state index in [0.717, 1.165) is 0 Å². The maximum absolute atomic E-state index is 11.0. The third-order valence-corrected chi connectivity index (χ3v) is 0.659. The molecule has 15 heavy (non-hydrogen) atoms. The van der Waals surface area contributed by atoms with E-state index in [0.29, 0.717) is 7.11 Å². The highest BCUT2D eigenvalue weighted by Crippen LogP contribution is 2.15. The van der Waals surface area contributed by atoms with Crippen molar-refractivity contribution >= 4 is 11.9 Å². The van der Waals surface area contributed by atoms with Gasteiger partial charge in [0.15, 0.2) is 0 Å². The Morgan fingerprint density at radius 3 is 1.27 bits per heavy atom. The van der Waals surface area contributed by atoms with E-state index in [9.17, 15) is 31.1 Å². The summed E-state index contributed by atoms with van der Waals surface area (Å²) >= 11 is 0. The van der Waals surface area contributed by atoms with Gasteiger partial charge in [-0.25, -0.2) is 9.59 Å². The summed E-state index contributed by atoms with van der Waals surface area (Å²) in [5, 5.41) is 7.12. The Labute approximate surface area is 78.4 Å². The summed E-state index contributed by atoms with van der Waals surface area (Å²) in [5.41, 5.74) is 0. The number of rotatable bonds is 0. The second-order valence-electron chi connectivity index (χ2n) is 1.79. The van der Waals surface area contributed by atoms with Crippen LogP contribution in [0.15, 0.2) is 0 Å². The van der Waals surface area contributed by atoms with Crippen LogP contribution in [0.3, 0.4) is 0 Å². The second kappa shape index (κ2) is 5.41. The Bertz CT molecular complexity index is 229. The molecule has 0 saturated heterocycles. The summed E-state index contributed by atoms with van der Waals surface area (Å²) in [4.78, 5) is 18.4. The summed E-state index contributed by atoms with van der Waals surface area (Å²) < 4.78 is 68.0. The first kappa shape index (κ1) is 16.0. The molecule has 0 aromatic carbocycles. The Kier molecular flexibility index (Phi) is 5.76. The first-order valence-corrected chi connectivity index (χ1v) is 2.88. The van der Waals surface area contributed by atoms with Crippen molar-refractivity contribution in [3.63, 3.8) is 0 Å². The molecule has 0 aromatic heterocycles. The summed E-state index contributed by atoms with van der Waals surface area (Å²) in [5.74, 6) is -4.93. The van der Waals surface area contributed by atoms with Crippen molar-refractivity contribution in [2.24, 2.45) is 0 Å². The molecule has 0 fully saturated rings. The molecule has 0 spiro atoms. The van der Waals surface area contributed by atoms with Crippen molar-refractivity contribution < 1.29 is 45.8 Å². The van der Waals surface area contributed by atoms with Crippen LogP contribution >= 0.6 is 0 Å². The average Bonchev–Trinajstić information content (AvgIpc) is 2.00. The maximum atomic E-state index is 11.0. The van der Waals surface area contributed by atoms with Crippen molar-refractivity contribution in [1.82, 2.24) is 0 Å². The van der Waals surface area contributed by atoms with Gasteiger partial charge in [-0.3, -0.25) is 0 Å². The molecule has 0 saturated carbocycles. The second-order valence-corrected chi connectivity index (χ2v) is 1.79. The van der Waals surface area contributed by atoms with Crippen LogP contribution in [0.4, 0.5) is 26.3 Å². The predicted octanol–water partition coefficient (Wildman–Crippen LogP) is 1.35. The highest BCUT2D eigenvalue weighted by Gasteiger charge is 2.40. The van der Waals surface area contributed by atoms with Gasteiger partial charge in [0.1, 0.15) is 0 Å².